The molecule has 0 saturated carbocycles. The Balaban J connectivity index is 2.12. The highest BCUT2D eigenvalue weighted by molar-refractivity contribution is 5.07. The SMILES string of the molecule is CCCn1cncc1C(CN)N1CCCOCC1. The molecule has 5 heteroatoms. The largest absolute Gasteiger partial charge is 0.380 e. The number of nitrogens with two attached hydrogens (primary N) is 1. The van der Waals surface area contributed by atoms with Crippen molar-refractivity contribution < 1.29 is 4.74 Å². The highest BCUT2D eigenvalue weighted by Crippen LogP contribution is 2.21. The lowest BCUT2D eigenvalue weighted by Crippen LogP contribution is -2.36. The summed E-state index contributed by atoms with van der Waals surface area (Å²) in [5.74, 6) is 0. The zero-order valence-corrected chi connectivity index (χ0v) is 11.2. The molecule has 1 aromatic rings. The van der Waals surface area contributed by atoms with Crippen LogP contribution in [0.5, 0.6) is 0 Å². The fourth-order valence-corrected chi connectivity index (χ4v) is 2.57. The molecule has 1 aromatic heterocycles. The van der Waals surface area contributed by atoms with Gasteiger partial charge in [0, 0.05) is 39.0 Å². The van der Waals surface area contributed by atoms with Crippen molar-refractivity contribution in [2.24, 2.45) is 5.73 Å². The first kappa shape index (κ1) is 13.5. The van der Waals surface area contributed by atoms with Gasteiger partial charge in [-0.25, -0.2) is 4.98 Å². The van der Waals surface area contributed by atoms with E-state index < -0.39 is 0 Å². The number of aryl methyl sites for hydroxylation is 1. The third-order valence-corrected chi connectivity index (χ3v) is 3.47. The maximum Gasteiger partial charge on any atom is 0.0948 e. The number of imidazole rings is 1. The van der Waals surface area contributed by atoms with E-state index in [1.807, 2.05) is 12.5 Å². The minimum atomic E-state index is 0.265. The lowest BCUT2D eigenvalue weighted by atomic mass is 10.1. The average molecular weight is 252 g/mol. The Hall–Kier alpha value is -0.910. The summed E-state index contributed by atoms with van der Waals surface area (Å²) in [6.45, 7) is 7.51. The molecule has 18 heavy (non-hydrogen) atoms. The van der Waals surface area contributed by atoms with Crippen LogP contribution in [0.25, 0.3) is 0 Å². The van der Waals surface area contributed by atoms with Gasteiger partial charge in [-0.2, -0.15) is 0 Å². The molecular weight excluding hydrogens is 228 g/mol. The Kier molecular flexibility index (Phi) is 5.16. The maximum atomic E-state index is 5.99. The van der Waals surface area contributed by atoms with Crippen LogP contribution in [0, 0.1) is 0 Å². The van der Waals surface area contributed by atoms with Crippen LogP contribution >= 0.6 is 0 Å². The van der Waals surface area contributed by atoms with Gasteiger partial charge in [-0.3, -0.25) is 4.90 Å². The predicted octanol–water partition coefficient (Wildman–Crippen LogP) is 1.02. The summed E-state index contributed by atoms with van der Waals surface area (Å²) in [4.78, 5) is 6.70. The van der Waals surface area contributed by atoms with Crippen molar-refractivity contribution in [1.29, 1.82) is 0 Å². The molecular formula is C13H24N4O. The molecule has 0 amide bonds. The monoisotopic (exact) mass is 252 g/mol. The van der Waals surface area contributed by atoms with E-state index in [0.717, 1.165) is 45.7 Å². The molecule has 5 nitrogen and oxygen atoms in total. The number of rotatable bonds is 5. The van der Waals surface area contributed by atoms with E-state index >= 15 is 0 Å². The Morgan fingerprint density at radius 2 is 2.33 bits per heavy atom. The van der Waals surface area contributed by atoms with E-state index in [0.29, 0.717) is 6.54 Å². The maximum absolute atomic E-state index is 5.99. The van der Waals surface area contributed by atoms with Crippen LogP contribution in [-0.4, -0.2) is 47.3 Å². The zero-order valence-electron chi connectivity index (χ0n) is 11.2. The Labute approximate surface area is 109 Å². The van der Waals surface area contributed by atoms with E-state index in [1.165, 1.54) is 5.69 Å². The second-order valence-electron chi connectivity index (χ2n) is 4.77. The van der Waals surface area contributed by atoms with Crippen LogP contribution in [0.15, 0.2) is 12.5 Å². The fraction of sp³-hybridized carbons (Fsp3) is 0.769. The van der Waals surface area contributed by atoms with Crippen LogP contribution in [0.4, 0.5) is 0 Å². The van der Waals surface area contributed by atoms with Gasteiger partial charge < -0.3 is 15.0 Å². The first-order valence-corrected chi connectivity index (χ1v) is 6.88. The molecule has 1 atom stereocenters. The number of hydrogen-bond acceptors (Lipinski definition) is 4. The molecule has 1 fully saturated rings. The quantitative estimate of drug-likeness (QED) is 0.850. The Morgan fingerprint density at radius 1 is 1.44 bits per heavy atom. The Bertz CT molecular complexity index is 345. The van der Waals surface area contributed by atoms with Crippen LogP contribution in [0.1, 0.15) is 31.5 Å². The fourth-order valence-electron chi connectivity index (χ4n) is 2.57. The van der Waals surface area contributed by atoms with Gasteiger partial charge in [0.1, 0.15) is 0 Å². The van der Waals surface area contributed by atoms with Crippen molar-refractivity contribution in [3.63, 3.8) is 0 Å². The van der Waals surface area contributed by atoms with Crippen LogP contribution in [0.3, 0.4) is 0 Å². The summed E-state index contributed by atoms with van der Waals surface area (Å²) in [7, 11) is 0. The van der Waals surface area contributed by atoms with Crippen LogP contribution < -0.4 is 5.73 Å². The summed E-state index contributed by atoms with van der Waals surface area (Å²) >= 11 is 0. The van der Waals surface area contributed by atoms with Crippen molar-refractivity contribution in [3.05, 3.63) is 18.2 Å². The zero-order chi connectivity index (χ0) is 12.8. The van der Waals surface area contributed by atoms with Gasteiger partial charge in [-0.05, 0) is 12.8 Å². The van der Waals surface area contributed by atoms with E-state index in [4.69, 9.17) is 10.5 Å². The molecule has 0 bridgehead atoms. The average Bonchev–Trinajstić information content (AvgIpc) is 2.66. The van der Waals surface area contributed by atoms with E-state index in [-0.39, 0.29) is 6.04 Å². The van der Waals surface area contributed by atoms with Crippen molar-refractivity contribution in [2.45, 2.75) is 32.4 Å². The second-order valence-corrected chi connectivity index (χ2v) is 4.77. The van der Waals surface area contributed by atoms with Gasteiger partial charge in [0.05, 0.1) is 24.7 Å². The first-order valence-electron chi connectivity index (χ1n) is 6.88. The molecule has 1 unspecified atom stereocenters. The van der Waals surface area contributed by atoms with E-state index in [2.05, 4.69) is 21.4 Å². The standard InChI is InChI=1S/C13H24N4O/c1-2-4-17-11-15-10-13(17)12(9-14)16-5-3-7-18-8-6-16/h10-12H,2-9,14H2,1H3. The minimum Gasteiger partial charge on any atom is -0.380 e. The lowest BCUT2D eigenvalue weighted by molar-refractivity contribution is 0.131. The van der Waals surface area contributed by atoms with Gasteiger partial charge in [-0.1, -0.05) is 6.92 Å². The van der Waals surface area contributed by atoms with Gasteiger partial charge in [0.2, 0.25) is 0 Å². The molecule has 1 saturated heterocycles. The second kappa shape index (κ2) is 6.87. The molecule has 2 heterocycles. The summed E-state index contributed by atoms with van der Waals surface area (Å²) < 4.78 is 7.74. The smallest absolute Gasteiger partial charge is 0.0948 e. The molecule has 2 N–H and O–H groups in total. The number of hydrogen-bond donors (Lipinski definition) is 1. The minimum absolute atomic E-state index is 0.265. The third-order valence-electron chi connectivity index (χ3n) is 3.47. The molecule has 0 aliphatic carbocycles. The topological polar surface area (TPSA) is 56.3 Å². The molecule has 102 valence electrons. The summed E-state index contributed by atoms with van der Waals surface area (Å²) in [5, 5.41) is 0. The highest BCUT2D eigenvalue weighted by Gasteiger charge is 2.23. The van der Waals surface area contributed by atoms with Crippen LogP contribution in [0.2, 0.25) is 0 Å². The summed E-state index contributed by atoms with van der Waals surface area (Å²) in [5.41, 5.74) is 7.22. The van der Waals surface area contributed by atoms with Crippen molar-refractivity contribution in [3.8, 4) is 0 Å². The predicted molar refractivity (Wildman–Crippen MR) is 71.3 cm³/mol. The highest BCUT2D eigenvalue weighted by atomic mass is 16.5. The van der Waals surface area contributed by atoms with Crippen LogP contribution in [-0.2, 0) is 11.3 Å². The first-order chi connectivity index (χ1) is 8.86. The molecule has 0 radical (unpaired) electrons. The summed E-state index contributed by atoms with van der Waals surface area (Å²) in [6.07, 6.45) is 6.07. The van der Waals surface area contributed by atoms with Gasteiger partial charge in [-0.15, -0.1) is 0 Å². The Morgan fingerprint density at radius 3 is 3.11 bits per heavy atom. The third kappa shape index (κ3) is 3.10. The normalized spacial score (nSPS) is 19.7. The molecule has 2 rings (SSSR count). The number of nitrogens with zero attached hydrogens (tertiary/aromatic N) is 3. The van der Waals surface area contributed by atoms with Gasteiger partial charge >= 0.3 is 0 Å². The molecule has 0 spiro atoms. The van der Waals surface area contributed by atoms with Crippen molar-refractivity contribution in [1.82, 2.24) is 14.5 Å². The summed E-state index contributed by atoms with van der Waals surface area (Å²) in [6, 6.07) is 0.265. The molecule has 1 aliphatic heterocycles. The number of aromatic nitrogens is 2. The van der Waals surface area contributed by atoms with E-state index in [1.54, 1.807) is 0 Å². The van der Waals surface area contributed by atoms with Gasteiger partial charge in [0.15, 0.2) is 0 Å². The molecule has 1 aliphatic rings. The van der Waals surface area contributed by atoms with Crippen molar-refractivity contribution >= 4 is 0 Å². The molecule has 0 aromatic carbocycles. The van der Waals surface area contributed by atoms with Crippen molar-refractivity contribution in [2.75, 3.05) is 32.8 Å². The van der Waals surface area contributed by atoms with E-state index in [9.17, 15) is 0 Å². The van der Waals surface area contributed by atoms with Gasteiger partial charge in [0.25, 0.3) is 0 Å². The number of ether oxygens (including phenoxy) is 1. The lowest BCUT2D eigenvalue weighted by Gasteiger charge is -2.29.